The lowest BCUT2D eigenvalue weighted by molar-refractivity contribution is -0.155. The number of carbonyl (C=O) groups is 1. The molecule has 0 spiro atoms. The largest absolute Gasteiger partial charge is 0.395 e. The predicted octanol–water partition coefficient (Wildman–Crippen LogP) is 1.67. The highest BCUT2D eigenvalue weighted by molar-refractivity contribution is 5.87. The van der Waals surface area contributed by atoms with E-state index in [0.717, 1.165) is 6.08 Å². The highest BCUT2D eigenvalue weighted by Crippen LogP contribution is 2.42. The van der Waals surface area contributed by atoms with Gasteiger partial charge >= 0.3 is 6.18 Å². The third-order valence-corrected chi connectivity index (χ3v) is 3.02. The van der Waals surface area contributed by atoms with E-state index in [-0.39, 0.29) is 12.0 Å². The monoisotopic (exact) mass is 259 g/mol. The molecule has 0 radical (unpaired) electrons. The Morgan fingerprint density at radius 1 is 1.61 bits per heavy atom. The van der Waals surface area contributed by atoms with E-state index in [1.807, 2.05) is 0 Å². The van der Waals surface area contributed by atoms with Crippen LogP contribution in [0.1, 0.15) is 23.6 Å². The number of hydrogen-bond donors (Lipinski definition) is 2. The average Bonchev–Trinajstić information content (AvgIpc) is 2.74. The minimum absolute atomic E-state index is 0.171. The normalized spacial score (nSPS) is 23.3. The van der Waals surface area contributed by atoms with Gasteiger partial charge in [-0.1, -0.05) is 6.58 Å². The average molecular weight is 259 g/mol. The van der Waals surface area contributed by atoms with Crippen molar-refractivity contribution in [3.05, 3.63) is 30.1 Å². The van der Waals surface area contributed by atoms with Crippen LogP contribution in [0.2, 0.25) is 0 Å². The highest BCUT2D eigenvalue weighted by Gasteiger charge is 2.46. The molecule has 1 aliphatic rings. The predicted molar refractivity (Wildman–Crippen MR) is 57.8 cm³/mol. The maximum Gasteiger partial charge on any atom is 0.395 e. The first kappa shape index (κ1) is 12.7. The van der Waals surface area contributed by atoms with Crippen LogP contribution in [-0.4, -0.2) is 28.3 Å². The van der Waals surface area contributed by atoms with Crippen molar-refractivity contribution in [1.29, 1.82) is 0 Å². The lowest BCUT2D eigenvalue weighted by Crippen LogP contribution is -2.41. The van der Waals surface area contributed by atoms with Crippen LogP contribution in [0.3, 0.4) is 0 Å². The van der Waals surface area contributed by atoms with Crippen LogP contribution in [0.15, 0.2) is 18.9 Å². The molecule has 7 heteroatoms. The molecule has 2 atom stereocenters. The second-order valence-corrected chi connectivity index (χ2v) is 4.25. The topological polar surface area (TPSA) is 57.8 Å². The molecule has 0 saturated heterocycles. The number of aromatic nitrogens is 2. The fourth-order valence-electron chi connectivity index (χ4n) is 2.21. The number of nitrogens with one attached hydrogen (secondary N) is 2. The molecule has 1 heterocycles. The van der Waals surface area contributed by atoms with Crippen molar-refractivity contribution in [2.24, 2.45) is 0 Å². The van der Waals surface area contributed by atoms with E-state index in [4.69, 9.17) is 0 Å². The minimum atomic E-state index is -4.34. The molecule has 0 bridgehead atoms. The third-order valence-electron chi connectivity index (χ3n) is 3.02. The maximum atomic E-state index is 12.9. The molecule has 0 aliphatic heterocycles. The second-order valence-electron chi connectivity index (χ2n) is 4.25. The first-order chi connectivity index (χ1) is 8.41. The van der Waals surface area contributed by atoms with E-state index >= 15 is 0 Å². The van der Waals surface area contributed by atoms with Gasteiger partial charge in [-0.05, 0) is 12.5 Å². The Kier molecular flexibility index (Phi) is 3.14. The number of amides is 1. The number of fused-ring (bicyclic) bond motifs is 1. The van der Waals surface area contributed by atoms with Crippen LogP contribution < -0.4 is 5.32 Å². The molecule has 2 N–H and O–H groups in total. The van der Waals surface area contributed by atoms with Gasteiger partial charge in [0.1, 0.15) is 0 Å². The summed E-state index contributed by atoms with van der Waals surface area (Å²) >= 11 is 0. The van der Waals surface area contributed by atoms with Crippen molar-refractivity contribution in [3.63, 3.8) is 0 Å². The zero-order valence-corrected chi connectivity index (χ0v) is 9.42. The summed E-state index contributed by atoms with van der Waals surface area (Å²) in [6.07, 6.45) is -1.93. The molecule has 1 aromatic rings. The molecule has 2 rings (SSSR count). The Morgan fingerprint density at radius 3 is 2.94 bits per heavy atom. The van der Waals surface area contributed by atoms with Crippen molar-refractivity contribution in [1.82, 2.24) is 15.5 Å². The summed E-state index contributed by atoms with van der Waals surface area (Å²) < 4.78 is 38.7. The lowest BCUT2D eigenvalue weighted by Gasteiger charge is -2.30. The molecule has 0 aromatic carbocycles. The van der Waals surface area contributed by atoms with Gasteiger partial charge in [0.15, 0.2) is 0 Å². The van der Waals surface area contributed by atoms with Gasteiger partial charge in [0.2, 0.25) is 5.91 Å². The van der Waals surface area contributed by atoms with Gasteiger partial charge in [0.05, 0.1) is 12.1 Å². The summed E-state index contributed by atoms with van der Waals surface area (Å²) in [5, 5.41) is 8.69. The first-order valence-electron chi connectivity index (χ1n) is 5.43. The number of aromatic amines is 1. The van der Waals surface area contributed by atoms with Crippen molar-refractivity contribution >= 4 is 5.91 Å². The van der Waals surface area contributed by atoms with Crippen LogP contribution in [0.25, 0.3) is 0 Å². The SMILES string of the molecule is C=CC(=O)NC1Cc2[nH]ncc2C(C(F)(F)F)C1. The standard InChI is InChI=1S/C11H12F3N3O/c1-2-10(18)16-6-3-8(11(12,13)14)7-5-15-17-9(7)4-6/h2,5-6,8H,1,3-4H2,(H,15,17)(H,16,18). The number of rotatable bonds is 2. The van der Waals surface area contributed by atoms with Gasteiger partial charge in [-0.2, -0.15) is 18.3 Å². The van der Waals surface area contributed by atoms with Crippen molar-refractivity contribution < 1.29 is 18.0 Å². The Hall–Kier alpha value is -1.79. The Bertz CT molecular complexity index is 466. The zero-order chi connectivity index (χ0) is 13.3. The van der Waals surface area contributed by atoms with Crippen LogP contribution in [0, 0.1) is 0 Å². The third kappa shape index (κ3) is 2.39. The number of nitrogens with zero attached hydrogens (tertiary/aromatic N) is 1. The van der Waals surface area contributed by atoms with Gasteiger partial charge in [-0.25, -0.2) is 0 Å². The van der Waals surface area contributed by atoms with Crippen molar-refractivity contribution in [2.45, 2.75) is 31.0 Å². The van der Waals surface area contributed by atoms with Crippen molar-refractivity contribution in [2.75, 3.05) is 0 Å². The quantitative estimate of drug-likeness (QED) is 0.794. The van der Waals surface area contributed by atoms with Gasteiger partial charge in [-0.3, -0.25) is 9.89 Å². The number of hydrogen-bond acceptors (Lipinski definition) is 2. The van der Waals surface area contributed by atoms with E-state index in [0.29, 0.717) is 12.1 Å². The first-order valence-corrected chi connectivity index (χ1v) is 5.43. The summed E-state index contributed by atoms with van der Waals surface area (Å²) in [6.45, 7) is 3.27. The van der Waals surface area contributed by atoms with Gasteiger partial charge < -0.3 is 5.32 Å². The van der Waals surface area contributed by atoms with Crippen LogP contribution >= 0.6 is 0 Å². The number of carbonyl (C=O) groups excluding carboxylic acids is 1. The van der Waals surface area contributed by atoms with Crippen LogP contribution in [-0.2, 0) is 11.2 Å². The van der Waals surface area contributed by atoms with E-state index in [1.165, 1.54) is 6.20 Å². The molecule has 1 aromatic heterocycles. The summed E-state index contributed by atoms with van der Waals surface area (Å²) in [5.74, 6) is -2.06. The molecule has 0 fully saturated rings. The van der Waals surface area contributed by atoms with Crippen LogP contribution in [0.4, 0.5) is 13.2 Å². The van der Waals surface area contributed by atoms with Gasteiger partial charge in [0.25, 0.3) is 0 Å². The second kappa shape index (κ2) is 4.47. The Morgan fingerprint density at radius 2 is 2.33 bits per heavy atom. The molecular formula is C11H12F3N3O. The summed E-state index contributed by atoms with van der Waals surface area (Å²) in [4.78, 5) is 11.2. The highest BCUT2D eigenvalue weighted by atomic mass is 19.4. The summed E-state index contributed by atoms with van der Waals surface area (Å²) in [6, 6.07) is -0.560. The zero-order valence-electron chi connectivity index (χ0n) is 9.42. The van der Waals surface area contributed by atoms with E-state index < -0.39 is 24.0 Å². The fraction of sp³-hybridized carbons (Fsp3) is 0.455. The molecule has 0 saturated carbocycles. The fourth-order valence-corrected chi connectivity index (χ4v) is 2.21. The number of H-pyrrole nitrogens is 1. The minimum Gasteiger partial charge on any atom is -0.349 e. The Balaban J connectivity index is 2.23. The molecule has 98 valence electrons. The Labute approximate surface area is 101 Å². The van der Waals surface area contributed by atoms with Crippen LogP contribution in [0.5, 0.6) is 0 Å². The number of alkyl halides is 3. The van der Waals surface area contributed by atoms with Gasteiger partial charge in [0, 0.05) is 23.7 Å². The summed E-state index contributed by atoms with van der Waals surface area (Å²) in [7, 11) is 0. The molecular weight excluding hydrogens is 247 g/mol. The maximum absolute atomic E-state index is 12.9. The summed E-state index contributed by atoms with van der Waals surface area (Å²) in [5.41, 5.74) is 0.601. The van der Waals surface area contributed by atoms with Gasteiger partial charge in [-0.15, -0.1) is 0 Å². The lowest BCUT2D eigenvalue weighted by atomic mass is 9.83. The molecule has 18 heavy (non-hydrogen) atoms. The number of halogens is 3. The molecule has 1 aliphatic carbocycles. The molecule has 1 amide bonds. The van der Waals surface area contributed by atoms with E-state index in [2.05, 4.69) is 22.1 Å². The van der Waals surface area contributed by atoms with E-state index in [1.54, 1.807) is 0 Å². The molecule has 4 nitrogen and oxygen atoms in total. The smallest absolute Gasteiger partial charge is 0.349 e. The van der Waals surface area contributed by atoms with Crippen molar-refractivity contribution in [3.8, 4) is 0 Å². The molecule has 2 unspecified atom stereocenters. The van der Waals surface area contributed by atoms with E-state index in [9.17, 15) is 18.0 Å².